The first-order valence-corrected chi connectivity index (χ1v) is 15.6. The van der Waals surface area contributed by atoms with Gasteiger partial charge in [-0.25, -0.2) is 0 Å². The second-order valence-corrected chi connectivity index (χ2v) is 12.8. The Bertz CT molecular complexity index is 1160. The van der Waals surface area contributed by atoms with Crippen LogP contribution in [0.1, 0.15) is 80.0 Å². The monoisotopic (exact) mass is 521 g/mol. The van der Waals surface area contributed by atoms with E-state index in [1.807, 2.05) is 0 Å². The lowest BCUT2D eigenvalue weighted by Crippen LogP contribution is -2.50. The molecule has 0 spiro atoms. The predicted molar refractivity (Wildman–Crippen MR) is 162 cm³/mol. The van der Waals surface area contributed by atoms with Crippen LogP contribution in [0.15, 0.2) is 78.9 Å². The summed E-state index contributed by atoms with van der Waals surface area (Å²) in [5, 5.41) is 0. The van der Waals surface area contributed by atoms with Crippen molar-refractivity contribution in [2.24, 2.45) is 17.3 Å². The van der Waals surface area contributed by atoms with Crippen molar-refractivity contribution in [3.05, 3.63) is 101 Å². The van der Waals surface area contributed by atoms with E-state index in [0.29, 0.717) is 5.41 Å². The average Bonchev–Trinajstić information content (AvgIpc) is 3.34. The van der Waals surface area contributed by atoms with E-state index in [2.05, 4.69) is 90.7 Å². The molecule has 3 aliphatic carbocycles. The quantitative estimate of drug-likeness (QED) is 0.265. The molecule has 0 N–H and O–H groups in total. The summed E-state index contributed by atoms with van der Waals surface area (Å²) >= 11 is 0. The molecule has 0 amide bonds. The standard InChI is InChI=1S/C37H47NO/c1-37-24-23-33-32-20-18-31(39-2)27-30(32)17-19-34(33)35(37)21-22-36(37)38(25-9-15-28-11-5-3-6-12-28)26-10-16-29-13-7-4-8-14-29/h3-8,11-14,18,20,27,33-36H,9-10,15-17,19,21-26H2,1-2H3/t33-,34-,35+,36+,37+/m1/s1. The lowest BCUT2D eigenvalue weighted by atomic mass is 9.55. The lowest BCUT2D eigenvalue weighted by molar-refractivity contribution is -0.00127. The number of aryl methyl sites for hydroxylation is 3. The van der Waals surface area contributed by atoms with E-state index in [-0.39, 0.29) is 0 Å². The number of rotatable bonds is 10. The Morgan fingerprint density at radius 1 is 0.795 bits per heavy atom. The molecule has 6 rings (SSSR count). The van der Waals surface area contributed by atoms with Crippen LogP contribution in [0.2, 0.25) is 0 Å². The van der Waals surface area contributed by atoms with Crippen molar-refractivity contribution in [1.82, 2.24) is 4.90 Å². The highest BCUT2D eigenvalue weighted by Gasteiger charge is 2.55. The van der Waals surface area contributed by atoms with E-state index >= 15 is 0 Å². The Balaban J connectivity index is 1.17. The maximum absolute atomic E-state index is 5.56. The highest BCUT2D eigenvalue weighted by molar-refractivity contribution is 5.40. The first-order chi connectivity index (χ1) is 19.2. The Morgan fingerprint density at radius 2 is 1.46 bits per heavy atom. The van der Waals surface area contributed by atoms with Gasteiger partial charge in [0.2, 0.25) is 0 Å². The summed E-state index contributed by atoms with van der Waals surface area (Å²) in [6.07, 6.45) is 13.0. The van der Waals surface area contributed by atoms with Crippen LogP contribution in [0.4, 0.5) is 0 Å². The van der Waals surface area contributed by atoms with Crippen molar-refractivity contribution < 1.29 is 4.74 Å². The fourth-order valence-corrected chi connectivity index (χ4v) is 8.94. The van der Waals surface area contributed by atoms with Gasteiger partial charge < -0.3 is 4.74 Å². The molecule has 0 aliphatic heterocycles. The van der Waals surface area contributed by atoms with Gasteiger partial charge in [0.05, 0.1) is 7.11 Å². The second-order valence-electron chi connectivity index (χ2n) is 12.8. The van der Waals surface area contributed by atoms with Crippen LogP contribution in [-0.4, -0.2) is 31.1 Å². The van der Waals surface area contributed by atoms with Crippen LogP contribution < -0.4 is 4.74 Å². The molecule has 0 unspecified atom stereocenters. The third-order valence-corrected chi connectivity index (χ3v) is 10.8. The number of fused-ring (bicyclic) bond motifs is 5. The van der Waals surface area contributed by atoms with Crippen LogP contribution in [-0.2, 0) is 19.3 Å². The van der Waals surface area contributed by atoms with Gasteiger partial charge in [-0.15, -0.1) is 0 Å². The van der Waals surface area contributed by atoms with E-state index in [4.69, 9.17) is 4.74 Å². The zero-order chi connectivity index (χ0) is 26.7. The van der Waals surface area contributed by atoms with Crippen molar-refractivity contribution in [2.75, 3.05) is 20.2 Å². The summed E-state index contributed by atoms with van der Waals surface area (Å²) in [6.45, 7) is 5.15. The van der Waals surface area contributed by atoms with E-state index < -0.39 is 0 Å². The molecule has 5 atom stereocenters. The zero-order valence-electron chi connectivity index (χ0n) is 24.2. The minimum Gasteiger partial charge on any atom is -0.497 e. The molecule has 3 aromatic rings. The molecular weight excluding hydrogens is 474 g/mol. The molecule has 0 heterocycles. The largest absolute Gasteiger partial charge is 0.497 e. The molecule has 3 aromatic carbocycles. The number of methoxy groups -OCH3 is 1. The highest BCUT2D eigenvalue weighted by atomic mass is 16.5. The average molecular weight is 522 g/mol. The zero-order valence-corrected chi connectivity index (χ0v) is 24.2. The molecule has 3 aliphatic rings. The molecule has 39 heavy (non-hydrogen) atoms. The van der Waals surface area contributed by atoms with Gasteiger partial charge in [0.1, 0.15) is 5.75 Å². The number of hydrogen-bond donors (Lipinski definition) is 0. The molecule has 0 radical (unpaired) electrons. The Kier molecular flexibility index (Phi) is 8.12. The Hall–Kier alpha value is -2.58. The molecule has 2 saturated carbocycles. The maximum Gasteiger partial charge on any atom is 0.119 e. The number of nitrogens with zero attached hydrogens (tertiary/aromatic N) is 1. The Labute approximate surface area is 236 Å². The first kappa shape index (κ1) is 26.6. The van der Waals surface area contributed by atoms with Gasteiger partial charge in [-0.1, -0.05) is 73.7 Å². The van der Waals surface area contributed by atoms with Crippen LogP contribution in [0.3, 0.4) is 0 Å². The molecule has 2 fully saturated rings. The topological polar surface area (TPSA) is 12.5 Å². The van der Waals surface area contributed by atoms with E-state index in [1.165, 1.54) is 88.4 Å². The van der Waals surface area contributed by atoms with Crippen molar-refractivity contribution in [3.63, 3.8) is 0 Å². The molecule has 2 heteroatoms. The maximum atomic E-state index is 5.56. The fourth-order valence-electron chi connectivity index (χ4n) is 8.94. The first-order valence-electron chi connectivity index (χ1n) is 15.6. The SMILES string of the molecule is COc1ccc2c(c1)CC[C@@H]1[C@@H]2CC[C@]2(C)[C@@H](N(CCCc3ccccc3)CCCc3ccccc3)CC[C@@H]12. The molecule has 206 valence electrons. The van der Waals surface area contributed by atoms with Gasteiger partial charge >= 0.3 is 0 Å². The summed E-state index contributed by atoms with van der Waals surface area (Å²) < 4.78 is 5.56. The van der Waals surface area contributed by atoms with Crippen LogP contribution in [0, 0.1) is 17.3 Å². The number of benzene rings is 3. The molecule has 2 nitrogen and oxygen atoms in total. The van der Waals surface area contributed by atoms with Gasteiger partial charge in [-0.3, -0.25) is 4.90 Å². The summed E-state index contributed by atoms with van der Waals surface area (Å²) in [7, 11) is 1.80. The Morgan fingerprint density at radius 3 is 2.10 bits per heavy atom. The van der Waals surface area contributed by atoms with Gasteiger partial charge in [0.25, 0.3) is 0 Å². The summed E-state index contributed by atoms with van der Waals surface area (Å²) in [5.74, 6) is 3.49. The van der Waals surface area contributed by atoms with E-state index in [9.17, 15) is 0 Å². The predicted octanol–water partition coefficient (Wildman–Crippen LogP) is 8.49. The highest BCUT2D eigenvalue weighted by Crippen LogP contribution is 2.62. The number of hydrogen-bond acceptors (Lipinski definition) is 2. The lowest BCUT2D eigenvalue weighted by Gasteiger charge is -2.52. The normalized spacial score (nSPS) is 27.6. The summed E-state index contributed by atoms with van der Waals surface area (Å²) in [5.41, 5.74) is 6.60. The third kappa shape index (κ3) is 5.55. The van der Waals surface area contributed by atoms with Crippen LogP contribution >= 0.6 is 0 Å². The van der Waals surface area contributed by atoms with Crippen molar-refractivity contribution >= 4 is 0 Å². The minimum atomic E-state index is 0.449. The molecule has 0 aromatic heterocycles. The molecular formula is C37H47NO. The molecule has 0 bridgehead atoms. The smallest absolute Gasteiger partial charge is 0.119 e. The number of ether oxygens (including phenoxy) is 1. The van der Waals surface area contributed by atoms with E-state index in [1.54, 1.807) is 18.2 Å². The summed E-state index contributed by atoms with van der Waals surface area (Å²) in [4.78, 5) is 2.95. The minimum absolute atomic E-state index is 0.449. The van der Waals surface area contributed by atoms with Gasteiger partial charge in [0, 0.05) is 6.04 Å². The molecule has 0 saturated heterocycles. The van der Waals surface area contributed by atoms with Crippen LogP contribution in [0.5, 0.6) is 5.75 Å². The van der Waals surface area contributed by atoms with Gasteiger partial charge in [-0.05, 0) is 135 Å². The van der Waals surface area contributed by atoms with Gasteiger partial charge in [-0.2, -0.15) is 0 Å². The van der Waals surface area contributed by atoms with Gasteiger partial charge in [0.15, 0.2) is 0 Å². The van der Waals surface area contributed by atoms with Crippen molar-refractivity contribution in [3.8, 4) is 5.75 Å². The second kappa shape index (κ2) is 11.9. The van der Waals surface area contributed by atoms with Crippen molar-refractivity contribution in [2.45, 2.75) is 83.1 Å². The fraction of sp³-hybridized carbons (Fsp3) is 0.514. The summed E-state index contributed by atoms with van der Waals surface area (Å²) in [6, 6.07) is 29.9. The van der Waals surface area contributed by atoms with Crippen LogP contribution in [0.25, 0.3) is 0 Å². The van der Waals surface area contributed by atoms with Crippen molar-refractivity contribution in [1.29, 1.82) is 0 Å². The third-order valence-electron chi connectivity index (χ3n) is 10.8. The van der Waals surface area contributed by atoms with E-state index in [0.717, 1.165) is 29.5 Å².